The predicted molar refractivity (Wildman–Crippen MR) is 88.5 cm³/mol. The van der Waals surface area contributed by atoms with Crippen molar-refractivity contribution < 1.29 is 4.74 Å². The van der Waals surface area contributed by atoms with Crippen molar-refractivity contribution in [2.75, 3.05) is 13.2 Å². The van der Waals surface area contributed by atoms with Crippen LogP contribution < -0.4 is 5.32 Å². The van der Waals surface area contributed by atoms with E-state index in [4.69, 9.17) is 4.74 Å². The first-order chi connectivity index (χ1) is 8.36. The monoisotopic (exact) mass is 269 g/mol. The van der Waals surface area contributed by atoms with Gasteiger partial charge in [-0.05, 0) is 58.4 Å². The van der Waals surface area contributed by atoms with Crippen LogP contribution in [0.2, 0.25) is 0 Å². The molecule has 0 aromatic carbocycles. The van der Waals surface area contributed by atoms with E-state index in [0.717, 1.165) is 26.0 Å². The Balaban J connectivity index is 3.98. The van der Waals surface area contributed by atoms with Crippen molar-refractivity contribution in [3.63, 3.8) is 0 Å². The number of ether oxygens (including phenoxy) is 1. The van der Waals surface area contributed by atoms with Crippen LogP contribution in [0.1, 0.15) is 68.2 Å². The van der Waals surface area contributed by atoms with Gasteiger partial charge in [0.25, 0.3) is 0 Å². The van der Waals surface area contributed by atoms with Crippen LogP contribution in [-0.4, -0.2) is 32.0 Å². The molecule has 19 heavy (non-hydrogen) atoms. The lowest BCUT2D eigenvalue weighted by atomic mass is 9.78. The number of rotatable bonds is 8. The van der Waals surface area contributed by atoms with Crippen LogP contribution in [0.15, 0.2) is 0 Å². The van der Waals surface area contributed by atoms with E-state index in [1.165, 1.54) is 0 Å². The van der Waals surface area contributed by atoms with E-state index in [0.29, 0.717) is 11.3 Å². The summed E-state index contributed by atoms with van der Waals surface area (Å²) in [5.74, 6) is 0.696. The quantitative estimate of drug-likeness (QED) is 0.683. The van der Waals surface area contributed by atoms with Crippen molar-refractivity contribution in [2.24, 2.45) is 11.3 Å². The van der Waals surface area contributed by atoms with Crippen LogP contribution in [0.3, 0.4) is 0 Å². The minimum absolute atomic E-state index is 0.0364. The highest BCUT2D eigenvalue weighted by atomic mass is 16.5. The molecule has 0 spiro atoms. The number of hydrogen-bond donors (Lipinski definition) is 1. The average molecular weight is 269 g/mol. The summed E-state index contributed by atoms with van der Waals surface area (Å²) < 4.78 is 6.09. The molecule has 0 aromatic rings. The summed E-state index contributed by atoms with van der Waals surface area (Å²) in [6.07, 6.45) is 2.17. The second-order valence-corrected chi connectivity index (χ2v) is 8.43. The van der Waals surface area contributed by atoms with Gasteiger partial charge in [0.15, 0.2) is 0 Å². The molecule has 2 nitrogen and oxygen atoms in total. The summed E-state index contributed by atoms with van der Waals surface area (Å²) in [6.45, 7) is 19.9. The SMILES string of the molecule is BC(C)(CCNC(C)(C)C)OCCC(C)(C)C(C)C. The smallest absolute Gasteiger partial charge is 0.142 e. The molecule has 0 fully saturated rings. The molecule has 0 heterocycles. The van der Waals surface area contributed by atoms with Crippen LogP contribution in [0.5, 0.6) is 0 Å². The standard InChI is InChI=1S/C16H36BNO/c1-13(2)15(6,7)10-12-19-16(8,17)9-11-18-14(3,4)5/h13,18H,9-12,17H2,1-8H3. The van der Waals surface area contributed by atoms with Crippen molar-refractivity contribution in [2.45, 2.75) is 79.3 Å². The largest absolute Gasteiger partial charge is 0.384 e. The lowest BCUT2D eigenvalue weighted by molar-refractivity contribution is 0.00472. The molecule has 0 saturated carbocycles. The molecule has 0 rings (SSSR count). The Morgan fingerprint density at radius 1 is 1.00 bits per heavy atom. The fourth-order valence-electron chi connectivity index (χ4n) is 1.69. The van der Waals surface area contributed by atoms with Crippen molar-refractivity contribution >= 4 is 7.85 Å². The van der Waals surface area contributed by atoms with Gasteiger partial charge >= 0.3 is 0 Å². The topological polar surface area (TPSA) is 21.3 Å². The third kappa shape index (κ3) is 9.51. The second-order valence-electron chi connectivity index (χ2n) is 8.43. The Morgan fingerprint density at radius 3 is 1.95 bits per heavy atom. The molecule has 1 N–H and O–H groups in total. The molecule has 0 amide bonds. The molecular formula is C16H36BNO. The fourth-order valence-corrected chi connectivity index (χ4v) is 1.69. The van der Waals surface area contributed by atoms with Crippen LogP contribution in [0, 0.1) is 11.3 Å². The van der Waals surface area contributed by atoms with Gasteiger partial charge < -0.3 is 10.1 Å². The van der Waals surface area contributed by atoms with E-state index < -0.39 is 0 Å². The van der Waals surface area contributed by atoms with Gasteiger partial charge in [-0.25, -0.2) is 0 Å². The molecule has 0 radical (unpaired) electrons. The maximum absolute atomic E-state index is 6.09. The zero-order chi connectivity index (χ0) is 15.3. The van der Waals surface area contributed by atoms with Gasteiger partial charge in [0, 0.05) is 17.6 Å². The van der Waals surface area contributed by atoms with Gasteiger partial charge in [-0.3, -0.25) is 0 Å². The normalized spacial score (nSPS) is 16.7. The van der Waals surface area contributed by atoms with Gasteiger partial charge in [-0.15, -0.1) is 0 Å². The minimum Gasteiger partial charge on any atom is -0.384 e. The van der Waals surface area contributed by atoms with Crippen LogP contribution in [0.4, 0.5) is 0 Å². The first kappa shape index (κ1) is 19.0. The molecule has 0 aliphatic rings. The molecular weight excluding hydrogens is 233 g/mol. The second kappa shape index (κ2) is 7.13. The van der Waals surface area contributed by atoms with Gasteiger partial charge in [0.05, 0.1) is 0 Å². The molecule has 0 aromatic heterocycles. The molecule has 1 atom stereocenters. The predicted octanol–water partition coefficient (Wildman–Crippen LogP) is 3.20. The average Bonchev–Trinajstić information content (AvgIpc) is 2.13. The summed E-state index contributed by atoms with van der Waals surface area (Å²) in [5, 5.41) is 3.52. The summed E-state index contributed by atoms with van der Waals surface area (Å²) in [6, 6.07) is 0. The van der Waals surface area contributed by atoms with Crippen molar-refractivity contribution in [3.8, 4) is 0 Å². The zero-order valence-electron chi connectivity index (χ0n) is 14.8. The first-order valence-electron chi connectivity index (χ1n) is 7.75. The van der Waals surface area contributed by atoms with Crippen LogP contribution >= 0.6 is 0 Å². The molecule has 1 unspecified atom stereocenters. The van der Waals surface area contributed by atoms with Crippen molar-refractivity contribution in [1.29, 1.82) is 0 Å². The van der Waals surface area contributed by atoms with Crippen LogP contribution in [0.25, 0.3) is 0 Å². The Bertz CT molecular complexity index is 254. The van der Waals surface area contributed by atoms with Gasteiger partial charge in [0.1, 0.15) is 7.85 Å². The number of nitrogens with one attached hydrogen (secondary N) is 1. The summed E-state index contributed by atoms with van der Waals surface area (Å²) in [5.41, 5.74) is 0.515. The highest BCUT2D eigenvalue weighted by Gasteiger charge is 2.24. The molecule has 114 valence electrons. The van der Waals surface area contributed by atoms with E-state index >= 15 is 0 Å². The van der Waals surface area contributed by atoms with E-state index in [2.05, 4.69) is 68.6 Å². The van der Waals surface area contributed by atoms with E-state index in [-0.39, 0.29) is 11.0 Å². The third-order valence-electron chi connectivity index (χ3n) is 4.18. The Kier molecular flexibility index (Phi) is 7.12. The molecule has 0 aliphatic carbocycles. The minimum atomic E-state index is -0.0364. The summed E-state index contributed by atoms with van der Waals surface area (Å²) in [4.78, 5) is 0. The molecule has 0 aliphatic heterocycles. The molecule has 0 bridgehead atoms. The maximum atomic E-state index is 6.09. The van der Waals surface area contributed by atoms with E-state index in [9.17, 15) is 0 Å². The first-order valence-corrected chi connectivity index (χ1v) is 7.75. The van der Waals surface area contributed by atoms with Gasteiger partial charge in [-0.2, -0.15) is 0 Å². The Morgan fingerprint density at radius 2 is 1.53 bits per heavy atom. The Labute approximate surface area is 122 Å². The van der Waals surface area contributed by atoms with Gasteiger partial charge in [0.2, 0.25) is 0 Å². The lowest BCUT2D eigenvalue weighted by Crippen LogP contribution is -2.41. The van der Waals surface area contributed by atoms with Crippen LogP contribution in [-0.2, 0) is 4.74 Å². The lowest BCUT2D eigenvalue weighted by Gasteiger charge is -2.33. The van der Waals surface area contributed by atoms with Crippen molar-refractivity contribution in [1.82, 2.24) is 5.32 Å². The zero-order valence-corrected chi connectivity index (χ0v) is 14.8. The number of hydrogen-bond acceptors (Lipinski definition) is 2. The molecule has 3 heteroatoms. The summed E-state index contributed by atoms with van der Waals surface area (Å²) in [7, 11) is 2.19. The molecule has 0 saturated heterocycles. The summed E-state index contributed by atoms with van der Waals surface area (Å²) >= 11 is 0. The van der Waals surface area contributed by atoms with Gasteiger partial charge in [-0.1, -0.05) is 27.7 Å². The van der Waals surface area contributed by atoms with Crippen molar-refractivity contribution in [3.05, 3.63) is 0 Å². The highest BCUT2D eigenvalue weighted by molar-refractivity contribution is 6.14. The fraction of sp³-hybridized carbons (Fsp3) is 1.00. The van der Waals surface area contributed by atoms with E-state index in [1.54, 1.807) is 0 Å². The highest BCUT2D eigenvalue weighted by Crippen LogP contribution is 2.30. The maximum Gasteiger partial charge on any atom is 0.142 e. The van der Waals surface area contributed by atoms with E-state index in [1.807, 2.05) is 0 Å². The third-order valence-corrected chi connectivity index (χ3v) is 4.18. The Hall–Kier alpha value is -0.0151.